The van der Waals surface area contributed by atoms with Crippen LogP contribution in [0.1, 0.15) is 27.7 Å². The second-order valence-electron chi connectivity index (χ2n) is 7.43. The Labute approximate surface area is 176 Å². The Morgan fingerprint density at radius 1 is 0.633 bits per heavy atom. The van der Waals surface area contributed by atoms with Crippen molar-refractivity contribution in [3.05, 3.63) is 132 Å². The quantitative estimate of drug-likeness (QED) is 0.423. The number of carbonyl (C=O) groups is 1. The molecule has 0 aliphatic carbocycles. The first kappa shape index (κ1) is 18.2. The zero-order valence-electron chi connectivity index (χ0n) is 16.6. The highest BCUT2D eigenvalue weighted by Gasteiger charge is 2.39. The molecule has 0 unspecified atom stereocenters. The van der Waals surface area contributed by atoms with E-state index in [0.717, 1.165) is 22.5 Å². The molecule has 146 valence electrons. The number of hydrogen-bond donors (Lipinski definition) is 0. The van der Waals surface area contributed by atoms with Gasteiger partial charge in [0.2, 0.25) is 0 Å². The highest BCUT2D eigenvalue weighted by Crippen LogP contribution is 2.42. The molecule has 0 bridgehead atoms. The Hall–Kier alpha value is -3.85. The van der Waals surface area contributed by atoms with Crippen molar-refractivity contribution in [1.82, 2.24) is 0 Å². The lowest BCUT2D eigenvalue weighted by Crippen LogP contribution is -2.49. The predicted octanol–water partition coefficient (Wildman–Crippen LogP) is 6.05. The molecule has 4 aromatic rings. The molecular formula is C27H22N2O. The van der Waals surface area contributed by atoms with Gasteiger partial charge in [0.05, 0.1) is 11.3 Å². The lowest BCUT2D eigenvalue weighted by Gasteiger charge is -2.46. The molecule has 1 heterocycles. The van der Waals surface area contributed by atoms with E-state index in [-0.39, 0.29) is 12.1 Å². The minimum atomic E-state index is -0.240. The van der Waals surface area contributed by atoms with E-state index in [1.807, 2.05) is 77.7 Å². The van der Waals surface area contributed by atoms with Gasteiger partial charge in [-0.3, -0.25) is 9.69 Å². The van der Waals surface area contributed by atoms with Crippen LogP contribution in [0.4, 0.5) is 11.4 Å². The average molecular weight is 390 g/mol. The third-order valence-corrected chi connectivity index (χ3v) is 5.53. The van der Waals surface area contributed by atoms with E-state index in [2.05, 4.69) is 47.4 Å². The van der Waals surface area contributed by atoms with Crippen LogP contribution in [0.5, 0.6) is 0 Å². The molecule has 3 heteroatoms. The summed E-state index contributed by atoms with van der Waals surface area (Å²) in [7, 11) is 0. The van der Waals surface area contributed by atoms with Crippen molar-refractivity contribution in [2.24, 2.45) is 0 Å². The third kappa shape index (κ3) is 3.25. The maximum atomic E-state index is 13.7. The summed E-state index contributed by atoms with van der Waals surface area (Å²) in [6.07, 6.45) is -0.240. The van der Waals surface area contributed by atoms with Gasteiger partial charge in [-0.05, 0) is 35.4 Å². The normalized spacial score (nSPS) is 15.7. The fourth-order valence-corrected chi connectivity index (χ4v) is 4.17. The molecule has 1 amide bonds. The molecule has 5 rings (SSSR count). The molecule has 30 heavy (non-hydrogen) atoms. The van der Waals surface area contributed by atoms with Crippen LogP contribution in [0.3, 0.4) is 0 Å². The van der Waals surface area contributed by atoms with Crippen LogP contribution >= 0.6 is 0 Å². The van der Waals surface area contributed by atoms with Gasteiger partial charge >= 0.3 is 0 Å². The highest BCUT2D eigenvalue weighted by molar-refractivity contribution is 6.12. The zero-order valence-corrected chi connectivity index (χ0v) is 16.6. The molecule has 0 spiro atoms. The van der Waals surface area contributed by atoms with Gasteiger partial charge in [-0.25, -0.2) is 0 Å². The number of carbonyl (C=O) groups excluding carboxylic acids is 1. The first-order valence-electron chi connectivity index (χ1n) is 10.2. The summed E-state index contributed by atoms with van der Waals surface area (Å²) in [6, 6.07) is 38.5. The minimum Gasteiger partial charge on any atom is -0.342 e. The second-order valence-corrected chi connectivity index (χ2v) is 7.43. The Bertz CT molecular complexity index is 1140. The van der Waals surface area contributed by atoms with Crippen molar-refractivity contribution in [3.63, 3.8) is 0 Å². The van der Waals surface area contributed by atoms with Crippen molar-refractivity contribution in [1.29, 1.82) is 0 Å². The zero-order chi connectivity index (χ0) is 20.3. The highest BCUT2D eigenvalue weighted by atomic mass is 16.2. The van der Waals surface area contributed by atoms with E-state index < -0.39 is 0 Å². The van der Waals surface area contributed by atoms with Crippen LogP contribution in [0, 0.1) is 0 Å². The summed E-state index contributed by atoms with van der Waals surface area (Å²) < 4.78 is 0. The summed E-state index contributed by atoms with van der Waals surface area (Å²) in [5.41, 5.74) is 4.87. The Kier molecular flexibility index (Phi) is 4.78. The van der Waals surface area contributed by atoms with Crippen molar-refractivity contribution < 1.29 is 4.79 Å². The van der Waals surface area contributed by atoms with E-state index in [0.29, 0.717) is 6.54 Å². The molecule has 0 saturated heterocycles. The summed E-state index contributed by atoms with van der Waals surface area (Å²) >= 11 is 0. The van der Waals surface area contributed by atoms with Gasteiger partial charge in [0.1, 0.15) is 6.17 Å². The molecule has 0 N–H and O–H groups in total. The van der Waals surface area contributed by atoms with Gasteiger partial charge < -0.3 is 4.90 Å². The van der Waals surface area contributed by atoms with Crippen molar-refractivity contribution >= 4 is 17.3 Å². The Morgan fingerprint density at radius 2 is 1.20 bits per heavy atom. The summed E-state index contributed by atoms with van der Waals surface area (Å²) in [4.78, 5) is 17.9. The average Bonchev–Trinajstić information content (AvgIpc) is 2.82. The second kappa shape index (κ2) is 7.88. The van der Waals surface area contributed by atoms with E-state index >= 15 is 0 Å². The van der Waals surface area contributed by atoms with E-state index in [1.54, 1.807) is 0 Å². The predicted molar refractivity (Wildman–Crippen MR) is 122 cm³/mol. The molecule has 1 aliphatic heterocycles. The largest absolute Gasteiger partial charge is 0.342 e. The third-order valence-electron chi connectivity index (χ3n) is 5.53. The molecule has 4 aromatic carbocycles. The maximum Gasteiger partial charge on any atom is 0.262 e. The molecule has 1 aliphatic rings. The van der Waals surface area contributed by atoms with Crippen molar-refractivity contribution in [2.45, 2.75) is 12.7 Å². The van der Waals surface area contributed by atoms with Gasteiger partial charge in [0.15, 0.2) is 0 Å². The molecule has 0 saturated carbocycles. The van der Waals surface area contributed by atoms with Crippen molar-refractivity contribution in [2.75, 3.05) is 9.80 Å². The Morgan fingerprint density at radius 3 is 1.90 bits per heavy atom. The fraction of sp³-hybridized carbons (Fsp3) is 0.0741. The van der Waals surface area contributed by atoms with Gasteiger partial charge in [-0.15, -0.1) is 0 Å². The van der Waals surface area contributed by atoms with E-state index in [9.17, 15) is 4.79 Å². The Balaban J connectivity index is 1.72. The number of hydrogen-bond acceptors (Lipinski definition) is 2. The van der Waals surface area contributed by atoms with Crippen LogP contribution in [-0.2, 0) is 6.54 Å². The summed E-state index contributed by atoms with van der Waals surface area (Å²) in [5.74, 6) is 0.0231. The van der Waals surface area contributed by atoms with Gasteiger partial charge in [0.25, 0.3) is 5.91 Å². The fourth-order valence-electron chi connectivity index (χ4n) is 4.17. The lowest BCUT2D eigenvalue weighted by atomic mass is 9.99. The first-order chi connectivity index (χ1) is 14.8. The standard InChI is InChI=1S/C27H22N2O/c30-27-24-18-10-11-19-25(24)28(20-21-12-4-1-5-13-21)26(22-14-6-2-7-15-22)29(27)23-16-8-3-9-17-23/h1-19,26H,20H2/t26-/m1/s1. The number of benzene rings is 4. The number of para-hydroxylation sites is 2. The number of nitrogens with zero attached hydrogens (tertiary/aromatic N) is 2. The SMILES string of the molecule is O=C1c2ccccc2N(Cc2ccccc2)[C@@H](c2ccccc2)N1c1ccccc1. The molecule has 1 atom stereocenters. The summed E-state index contributed by atoms with van der Waals surface area (Å²) in [5, 5.41) is 0. The minimum absolute atomic E-state index is 0.0231. The first-order valence-corrected chi connectivity index (χ1v) is 10.2. The molecule has 3 nitrogen and oxygen atoms in total. The topological polar surface area (TPSA) is 23.6 Å². The lowest BCUT2D eigenvalue weighted by molar-refractivity contribution is 0.0968. The van der Waals surface area contributed by atoms with Gasteiger partial charge in [-0.1, -0.05) is 91.0 Å². The van der Waals surface area contributed by atoms with Gasteiger partial charge in [-0.2, -0.15) is 0 Å². The molecule has 0 fully saturated rings. The smallest absolute Gasteiger partial charge is 0.262 e. The number of amides is 1. The molecule has 0 aromatic heterocycles. The van der Waals surface area contributed by atoms with Crippen LogP contribution < -0.4 is 9.80 Å². The number of anilines is 2. The summed E-state index contributed by atoms with van der Waals surface area (Å²) in [6.45, 7) is 0.702. The molecular weight excluding hydrogens is 368 g/mol. The van der Waals surface area contributed by atoms with Crippen LogP contribution in [0.15, 0.2) is 115 Å². The van der Waals surface area contributed by atoms with E-state index in [4.69, 9.17) is 0 Å². The van der Waals surface area contributed by atoms with Crippen LogP contribution in [0.25, 0.3) is 0 Å². The van der Waals surface area contributed by atoms with Crippen LogP contribution in [0.2, 0.25) is 0 Å². The van der Waals surface area contributed by atoms with Crippen molar-refractivity contribution in [3.8, 4) is 0 Å². The molecule has 0 radical (unpaired) electrons. The number of rotatable bonds is 4. The monoisotopic (exact) mass is 390 g/mol. The number of fused-ring (bicyclic) bond motifs is 1. The van der Waals surface area contributed by atoms with E-state index in [1.165, 1.54) is 5.56 Å². The maximum absolute atomic E-state index is 13.7. The van der Waals surface area contributed by atoms with Gasteiger partial charge in [0, 0.05) is 12.2 Å². The van der Waals surface area contributed by atoms with Crippen LogP contribution in [-0.4, -0.2) is 5.91 Å².